The van der Waals surface area contributed by atoms with Crippen molar-refractivity contribution in [2.24, 2.45) is 0 Å². The van der Waals surface area contributed by atoms with Gasteiger partial charge in [0.15, 0.2) is 0 Å². The van der Waals surface area contributed by atoms with Gasteiger partial charge in [-0.05, 0) is 12.5 Å². The van der Waals surface area contributed by atoms with Crippen molar-refractivity contribution in [2.75, 3.05) is 5.75 Å². The van der Waals surface area contributed by atoms with Gasteiger partial charge in [-0.2, -0.15) is 8.42 Å². The van der Waals surface area contributed by atoms with Gasteiger partial charge in [0.2, 0.25) is 0 Å². The van der Waals surface area contributed by atoms with E-state index in [1.807, 2.05) is 13.0 Å². The fourth-order valence-corrected chi connectivity index (χ4v) is 1.76. The number of hydrogen-bond donors (Lipinski definition) is 2. The molecular formula is C9H12O4S. The van der Waals surface area contributed by atoms with Crippen LogP contribution in [0.5, 0.6) is 0 Å². The van der Waals surface area contributed by atoms with E-state index in [4.69, 9.17) is 4.55 Å². The molecule has 0 amide bonds. The molecule has 0 aliphatic carbocycles. The molecule has 0 aliphatic rings. The number of benzene rings is 1. The van der Waals surface area contributed by atoms with Crippen LogP contribution in [-0.4, -0.2) is 23.8 Å². The van der Waals surface area contributed by atoms with E-state index in [1.165, 1.54) is 0 Å². The zero-order valence-electron chi connectivity index (χ0n) is 7.71. The quantitative estimate of drug-likeness (QED) is 0.737. The van der Waals surface area contributed by atoms with Crippen LogP contribution in [-0.2, 0) is 10.1 Å². The smallest absolute Gasteiger partial charge is 0.267 e. The number of aliphatic hydroxyl groups excluding tert-OH is 1. The zero-order chi connectivity index (χ0) is 10.8. The third-order valence-corrected chi connectivity index (χ3v) is 2.53. The van der Waals surface area contributed by atoms with E-state index in [0.717, 1.165) is 5.56 Å². The minimum Gasteiger partial charge on any atom is -0.387 e. The fraction of sp³-hybridized carbons (Fsp3) is 0.333. The van der Waals surface area contributed by atoms with Crippen molar-refractivity contribution in [3.63, 3.8) is 0 Å². The van der Waals surface area contributed by atoms with Crippen LogP contribution in [0.15, 0.2) is 24.3 Å². The van der Waals surface area contributed by atoms with Crippen LogP contribution in [0.2, 0.25) is 0 Å². The van der Waals surface area contributed by atoms with E-state index in [2.05, 4.69) is 0 Å². The van der Waals surface area contributed by atoms with E-state index in [9.17, 15) is 13.5 Å². The molecule has 4 nitrogen and oxygen atoms in total. The molecule has 1 unspecified atom stereocenters. The summed E-state index contributed by atoms with van der Waals surface area (Å²) in [6.45, 7) is 1.84. The Bertz CT molecular complexity index is 411. The predicted octanol–water partition coefficient (Wildman–Crippen LogP) is 0.916. The molecule has 5 heteroatoms. The molecule has 0 aromatic heterocycles. The van der Waals surface area contributed by atoms with Crippen molar-refractivity contribution in [3.8, 4) is 0 Å². The highest BCUT2D eigenvalue weighted by Gasteiger charge is 2.15. The summed E-state index contributed by atoms with van der Waals surface area (Å²) in [7, 11) is -4.13. The average molecular weight is 216 g/mol. The normalized spacial score (nSPS) is 13.9. The van der Waals surface area contributed by atoms with Crippen molar-refractivity contribution in [1.82, 2.24) is 0 Å². The van der Waals surface area contributed by atoms with Gasteiger partial charge in [0, 0.05) is 0 Å². The highest BCUT2D eigenvalue weighted by atomic mass is 32.2. The number of hydrogen-bond acceptors (Lipinski definition) is 3. The molecule has 1 rings (SSSR count). The lowest BCUT2D eigenvalue weighted by Crippen LogP contribution is -2.13. The summed E-state index contributed by atoms with van der Waals surface area (Å²) in [5.74, 6) is -0.670. The van der Waals surface area contributed by atoms with Gasteiger partial charge in [0.25, 0.3) is 10.1 Å². The highest BCUT2D eigenvalue weighted by Crippen LogP contribution is 2.15. The Morgan fingerprint density at radius 2 is 2.07 bits per heavy atom. The van der Waals surface area contributed by atoms with E-state index in [-0.39, 0.29) is 0 Å². The topological polar surface area (TPSA) is 74.6 Å². The lowest BCUT2D eigenvalue weighted by Gasteiger charge is -2.09. The Morgan fingerprint density at radius 3 is 2.57 bits per heavy atom. The van der Waals surface area contributed by atoms with Crippen molar-refractivity contribution in [2.45, 2.75) is 13.0 Å². The Labute approximate surface area is 82.9 Å². The van der Waals surface area contributed by atoms with Gasteiger partial charge in [0.05, 0.1) is 6.10 Å². The minimum absolute atomic E-state index is 0.489. The Balaban J connectivity index is 2.85. The van der Waals surface area contributed by atoms with Crippen molar-refractivity contribution in [1.29, 1.82) is 0 Å². The molecule has 1 aromatic carbocycles. The van der Waals surface area contributed by atoms with Gasteiger partial charge in [0.1, 0.15) is 5.75 Å². The van der Waals surface area contributed by atoms with Crippen LogP contribution >= 0.6 is 0 Å². The molecule has 0 radical (unpaired) electrons. The summed E-state index contributed by atoms with van der Waals surface area (Å²) < 4.78 is 29.5. The molecule has 0 saturated heterocycles. The average Bonchev–Trinajstić information content (AvgIpc) is 2.01. The maximum Gasteiger partial charge on any atom is 0.267 e. The molecule has 1 aromatic rings. The molecule has 0 bridgehead atoms. The molecule has 1 atom stereocenters. The summed E-state index contributed by atoms with van der Waals surface area (Å²) in [6.07, 6.45) is -1.18. The molecule has 0 fully saturated rings. The third kappa shape index (κ3) is 3.45. The summed E-state index contributed by atoms with van der Waals surface area (Å²) in [5, 5.41) is 9.44. The first kappa shape index (κ1) is 11.2. The fourth-order valence-electron chi connectivity index (χ4n) is 1.17. The largest absolute Gasteiger partial charge is 0.387 e. The van der Waals surface area contributed by atoms with Crippen LogP contribution in [0.25, 0.3) is 0 Å². The minimum atomic E-state index is -4.13. The second-order valence-corrected chi connectivity index (χ2v) is 4.68. The van der Waals surface area contributed by atoms with E-state index < -0.39 is 22.0 Å². The Morgan fingerprint density at radius 1 is 1.43 bits per heavy atom. The summed E-state index contributed by atoms with van der Waals surface area (Å²) in [6, 6.07) is 6.85. The SMILES string of the molecule is Cc1cccc(C(O)CS(=O)(=O)O)c1. The van der Waals surface area contributed by atoms with E-state index in [1.54, 1.807) is 18.2 Å². The lowest BCUT2D eigenvalue weighted by molar-refractivity contribution is 0.199. The van der Waals surface area contributed by atoms with Crippen molar-refractivity contribution in [3.05, 3.63) is 35.4 Å². The molecule has 0 aliphatic heterocycles. The standard InChI is InChI=1S/C9H12O4S/c1-7-3-2-4-8(5-7)9(10)6-14(11,12)13/h2-5,9-10H,6H2,1H3,(H,11,12,13). The first-order chi connectivity index (χ1) is 6.38. The molecule has 0 saturated carbocycles. The number of rotatable bonds is 3. The molecule has 14 heavy (non-hydrogen) atoms. The second-order valence-electron chi connectivity index (χ2n) is 3.18. The Hall–Kier alpha value is -0.910. The highest BCUT2D eigenvalue weighted by molar-refractivity contribution is 7.85. The molecule has 0 spiro atoms. The first-order valence-electron chi connectivity index (χ1n) is 4.08. The van der Waals surface area contributed by atoms with Crippen LogP contribution in [0.1, 0.15) is 17.2 Å². The summed E-state index contributed by atoms with van der Waals surface area (Å²) >= 11 is 0. The lowest BCUT2D eigenvalue weighted by atomic mass is 10.1. The van der Waals surface area contributed by atoms with Crippen LogP contribution in [0.4, 0.5) is 0 Å². The van der Waals surface area contributed by atoms with Gasteiger partial charge in [-0.3, -0.25) is 4.55 Å². The second kappa shape index (κ2) is 4.08. The monoisotopic (exact) mass is 216 g/mol. The van der Waals surface area contributed by atoms with E-state index in [0.29, 0.717) is 5.56 Å². The summed E-state index contributed by atoms with van der Waals surface area (Å²) in [5.41, 5.74) is 1.42. The van der Waals surface area contributed by atoms with Gasteiger partial charge >= 0.3 is 0 Å². The van der Waals surface area contributed by atoms with Crippen molar-refractivity contribution < 1.29 is 18.1 Å². The van der Waals surface area contributed by atoms with Gasteiger partial charge in [-0.15, -0.1) is 0 Å². The van der Waals surface area contributed by atoms with Gasteiger partial charge in [-0.1, -0.05) is 29.8 Å². The molecule has 0 heterocycles. The third-order valence-electron chi connectivity index (χ3n) is 1.80. The maximum atomic E-state index is 10.5. The Kier molecular flexibility index (Phi) is 3.25. The van der Waals surface area contributed by atoms with E-state index >= 15 is 0 Å². The predicted molar refractivity (Wildman–Crippen MR) is 52.6 cm³/mol. The van der Waals surface area contributed by atoms with Gasteiger partial charge in [-0.25, -0.2) is 0 Å². The number of aryl methyl sites for hydroxylation is 1. The van der Waals surface area contributed by atoms with Crippen LogP contribution in [0.3, 0.4) is 0 Å². The zero-order valence-corrected chi connectivity index (χ0v) is 8.53. The molecular weight excluding hydrogens is 204 g/mol. The molecule has 2 N–H and O–H groups in total. The van der Waals surface area contributed by atoms with Crippen LogP contribution in [0, 0.1) is 6.92 Å². The van der Waals surface area contributed by atoms with Crippen molar-refractivity contribution >= 4 is 10.1 Å². The first-order valence-corrected chi connectivity index (χ1v) is 5.69. The number of aliphatic hydroxyl groups is 1. The summed E-state index contributed by atoms with van der Waals surface area (Å²) in [4.78, 5) is 0. The van der Waals surface area contributed by atoms with Crippen LogP contribution < -0.4 is 0 Å². The molecule has 78 valence electrons. The maximum absolute atomic E-state index is 10.5. The van der Waals surface area contributed by atoms with Gasteiger partial charge < -0.3 is 5.11 Å².